The smallest absolute Gasteiger partial charge is 0.305 e. The Balaban J connectivity index is 1.98. The molecular formula is C12H18N4O3. The first-order chi connectivity index (χ1) is 8.97. The normalized spacial score (nSPS) is 16.4. The van der Waals surface area contributed by atoms with Gasteiger partial charge in [-0.3, -0.25) is 14.7 Å². The molecule has 1 heterocycles. The number of amides is 1. The fourth-order valence-electron chi connectivity index (χ4n) is 1.79. The van der Waals surface area contributed by atoms with E-state index in [1.54, 1.807) is 0 Å². The molecular weight excluding hydrogens is 248 g/mol. The number of rotatable bonds is 6. The van der Waals surface area contributed by atoms with Crippen LogP contribution in [0, 0.1) is 5.92 Å². The molecule has 104 valence electrons. The largest absolute Gasteiger partial charge is 0.481 e. The number of carboxylic acid groups (broad SMARTS) is 1. The molecule has 2 rings (SSSR count). The topological polar surface area (TPSA) is 108 Å². The summed E-state index contributed by atoms with van der Waals surface area (Å²) < 4.78 is 0. The van der Waals surface area contributed by atoms with Gasteiger partial charge < -0.3 is 10.4 Å². The maximum absolute atomic E-state index is 11.9. The van der Waals surface area contributed by atoms with Gasteiger partial charge in [0.1, 0.15) is 5.82 Å². The van der Waals surface area contributed by atoms with E-state index in [0.29, 0.717) is 5.92 Å². The van der Waals surface area contributed by atoms with Crippen molar-refractivity contribution in [2.45, 2.75) is 45.1 Å². The first-order valence-electron chi connectivity index (χ1n) is 6.42. The second kappa shape index (κ2) is 5.38. The number of aliphatic carboxylic acids is 1. The Morgan fingerprint density at radius 2 is 2.16 bits per heavy atom. The number of aromatic amines is 1. The Bertz CT molecular complexity index is 479. The molecule has 1 fully saturated rings. The van der Waals surface area contributed by atoms with Crippen molar-refractivity contribution in [3.8, 4) is 0 Å². The highest BCUT2D eigenvalue weighted by atomic mass is 16.4. The van der Waals surface area contributed by atoms with Gasteiger partial charge in [-0.2, -0.15) is 0 Å². The molecule has 3 N–H and O–H groups in total. The molecule has 7 heteroatoms. The Morgan fingerprint density at radius 3 is 2.68 bits per heavy atom. The third kappa shape index (κ3) is 3.52. The van der Waals surface area contributed by atoms with Crippen LogP contribution in [0.4, 0.5) is 0 Å². The van der Waals surface area contributed by atoms with Crippen molar-refractivity contribution >= 4 is 11.9 Å². The van der Waals surface area contributed by atoms with E-state index in [2.05, 4.69) is 20.5 Å². The predicted octanol–water partition coefficient (Wildman–Crippen LogP) is 0.911. The summed E-state index contributed by atoms with van der Waals surface area (Å²) in [6.07, 6.45) is 2.04. The van der Waals surface area contributed by atoms with E-state index < -0.39 is 17.9 Å². The maximum atomic E-state index is 11.9. The lowest BCUT2D eigenvalue weighted by atomic mass is 10.0. The molecule has 0 spiro atoms. The van der Waals surface area contributed by atoms with Gasteiger partial charge in [0.05, 0.1) is 6.42 Å². The molecule has 0 bridgehead atoms. The SMILES string of the molecule is CC(C)C(CC(=O)O)NC(=O)c1n[nH]c(C2CC2)n1. The Kier molecular flexibility index (Phi) is 3.82. The Labute approximate surface area is 110 Å². The summed E-state index contributed by atoms with van der Waals surface area (Å²) in [6, 6.07) is -0.423. The summed E-state index contributed by atoms with van der Waals surface area (Å²) in [6.45, 7) is 3.73. The summed E-state index contributed by atoms with van der Waals surface area (Å²) in [5.41, 5.74) is 0. The zero-order chi connectivity index (χ0) is 14.0. The number of hydrogen-bond donors (Lipinski definition) is 3. The van der Waals surface area contributed by atoms with E-state index in [9.17, 15) is 9.59 Å². The van der Waals surface area contributed by atoms with Crippen molar-refractivity contribution in [1.29, 1.82) is 0 Å². The second-order valence-corrected chi connectivity index (χ2v) is 5.24. The van der Waals surface area contributed by atoms with Crippen molar-refractivity contribution in [2.24, 2.45) is 5.92 Å². The van der Waals surface area contributed by atoms with Crippen LogP contribution in [-0.2, 0) is 4.79 Å². The average Bonchev–Trinajstić information content (AvgIpc) is 3.05. The van der Waals surface area contributed by atoms with Crippen molar-refractivity contribution in [1.82, 2.24) is 20.5 Å². The van der Waals surface area contributed by atoms with E-state index >= 15 is 0 Å². The number of hydrogen-bond acceptors (Lipinski definition) is 4. The number of aromatic nitrogens is 3. The van der Waals surface area contributed by atoms with E-state index in [-0.39, 0.29) is 18.2 Å². The highest BCUT2D eigenvalue weighted by molar-refractivity contribution is 5.90. The lowest BCUT2D eigenvalue weighted by Gasteiger charge is -2.19. The fraction of sp³-hybridized carbons (Fsp3) is 0.667. The first-order valence-corrected chi connectivity index (χ1v) is 6.42. The molecule has 7 nitrogen and oxygen atoms in total. The Hall–Kier alpha value is -1.92. The molecule has 1 aromatic rings. The van der Waals surface area contributed by atoms with Crippen LogP contribution in [0.25, 0.3) is 0 Å². The Morgan fingerprint density at radius 1 is 1.47 bits per heavy atom. The molecule has 1 aromatic heterocycles. The number of carboxylic acids is 1. The number of nitrogens with one attached hydrogen (secondary N) is 2. The van der Waals surface area contributed by atoms with Gasteiger partial charge in [0.15, 0.2) is 0 Å². The van der Waals surface area contributed by atoms with Gasteiger partial charge in [-0.1, -0.05) is 13.8 Å². The second-order valence-electron chi connectivity index (χ2n) is 5.24. The van der Waals surface area contributed by atoms with E-state index in [4.69, 9.17) is 5.11 Å². The molecule has 19 heavy (non-hydrogen) atoms. The van der Waals surface area contributed by atoms with Gasteiger partial charge in [0, 0.05) is 12.0 Å². The number of nitrogens with zero attached hydrogens (tertiary/aromatic N) is 2. The molecule has 1 atom stereocenters. The lowest BCUT2D eigenvalue weighted by molar-refractivity contribution is -0.137. The molecule has 0 saturated heterocycles. The minimum absolute atomic E-state index is 0.0295. The summed E-state index contributed by atoms with van der Waals surface area (Å²) in [5.74, 6) is -0.117. The van der Waals surface area contributed by atoms with Crippen LogP contribution in [-0.4, -0.2) is 38.2 Å². The molecule has 0 aliphatic heterocycles. The van der Waals surface area contributed by atoms with Crippen LogP contribution in [0.5, 0.6) is 0 Å². The van der Waals surface area contributed by atoms with Crippen molar-refractivity contribution in [3.63, 3.8) is 0 Å². The number of H-pyrrole nitrogens is 1. The van der Waals surface area contributed by atoms with Crippen LogP contribution in [0.3, 0.4) is 0 Å². The van der Waals surface area contributed by atoms with Crippen molar-refractivity contribution in [3.05, 3.63) is 11.6 Å². The molecule has 0 aromatic carbocycles. The molecule has 1 aliphatic carbocycles. The van der Waals surface area contributed by atoms with Gasteiger partial charge in [-0.15, -0.1) is 5.10 Å². The quantitative estimate of drug-likeness (QED) is 0.709. The molecule has 1 aliphatic rings. The molecule has 1 amide bonds. The van der Waals surface area contributed by atoms with E-state index in [1.165, 1.54) is 0 Å². The predicted molar refractivity (Wildman–Crippen MR) is 66.7 cm³/mol. The van der Waals surface area contributed by atoms with Crippen LogP contribution >= 0.6 is 0 Å². The van der Waals surface area contributed by atoms with Crippen LogP contribution < -0.4 is 5.32 Å². The third-order valence-corrected chi connectivity index (χ3v) is 3.19. The summed E-state index contributed by atoms with van der Waals surface area (Å²) in [7, 11) is 0. The van der Waals surface area contributed by atoms with Crippen LogP contribution in [0.1, 0.15) is 55.5 Å². The zero-order valence-electron chi connectivity index (χ0n) is 11.0. The monoisotopic (exact) mass is 266 g/mol. The minimum atomic E-state index is -0.937. The number of carbonyl (C=O) groups is 2. The summed E-state index contributed by atoms with van der Waals surface area (Å²) >= 11 is 0. The molecule has 1 unspecified atom stereocenters. The van der Waals surface area contributed by atoms with Crippen molar-refractivity contribution in [2.75, 3.05) is 0 Å². The average molecular weight is 266 g/mol. The van der Waals surface area contributed by atoms with Gasteiger partial charge in [0.25, 0.3) is 5.91 Å². The van der Waals surface area contributed by atoms with Crippen LogP contribution in [0.2, 0.25) is 0 Å². The van der Waals surface area contributed by atoms with E-state index in [1.807, 2.05) is 13.8 Å². The minimum Gasteiger partial charge on any atom is -0.481 e. The fourth-order valence-corrected chi connectivity index (χ4v) is 1.79. The van der Waals surface area contributed by atoms with Gasteiger partial charge >= 0.3 is 5.97 Å². The van der Waals surface area contributed by atoms with Gasteiger partial charge in [0.2, 0.25) is 5.82 Å². The van der Waals surface area contributed by atoms with Crippen LogP contribution in [0.15, 0.2) is 0 Å². The first kappa shape index (κ1) is 13.5. The van der Waals surface area contributed by atoms with Gasteiger partial charge in [-0.05, 0) is 18.8 Å². The summed E-state index contributed by atoms with van der Waals surface area (Å²) in [4.78, 5) is 26.8. The number of carbonyl (C=O) groups excluding carboxylic acids is 1. The summed E-state index contributed by atoms with van der Waals surface area (Å²) in [5, 5.41) is 18.1. The van der Waals surface area contributed by atoms with Gasteiger partial charge in [-0.25, -0.2) is 4.98 Å². The highest BCUT2D eigenvalue weighted by Crippen LogP contribution is 2.37. The lowest BCUT2D eigenvalue weighted by Crippen LogP contribution is -2.40. The van der Waals surface area contributed by atoms with E-state index in [0.717, 1.165) is 18.7 Å². The molecule has 0 radical (unpaired) electrons. The third-order valence-electron chi connectivity index (χ3n) is 3.19. The highest BCUT2D eigenvalue weighted by Gasteiger charge is 2.29. The molecule has 1 saturated carbocycles. The standard InChI is InChI=1S/C12H18N4O3/c1-6(2)8(5-9(17)18)13-12(19)11-14-10(15-16-11)7-3-4-7/h6-8H,3-5H2,1-2H3,(H,13,19)(H,17,18)(H,14,15,16). The van der Waals surface area contributed by atoms with Crippen molar-refractivity contribution < 1.29 is 14.7 Å². The zero-order valence-corrected chi connectivity index (χ0v) is 11.0. The maximum Gasteiger partial charge on any atom is 0.305 e.